The van der Waals surface area contributed by atoms with Crippen LogP contribution < -0.4 is 0 Å². The van der Waals surface area contributed by atoms with Gasteiger partial charge in [0.25, 0.3) is 0 Å². The monoisotopic (exact) mass is 550 g/mol. The summed E-state index contributed by atoms with van der Waals surface area (Å²) in [6, 6.07) is 0. The average Bonchev–Trinajstić information content (AvgIpc) is 3.33. The summed E-state index contributed by atoms with van der Waals surface area (Å²) in [4.78, 5) is 12.1. The summed E-state index contributed by atoms with van der Waals surface area (Å²) < 4.78 is 12.6. The molecule has 4 saturated carbocycles. The Balaban J connectivity index is 0.000000188. The van der Waals surface area contributed by atoms with Gasteiger partial charge in [-0.15, -0.1) is 0 Å². The van der Waals surface area contributed by atoms with E-state index in [0.717, 1.165) is 31.8 Å². The molecule has 4 aliphatic carbocycles. The molecule has 5 aliphatic rings. The second kappa shape index (κ2) is 11.3. The third-order valence-electron chi connectivity index (χ3n) is 12.8. The van der Waals surface area contributed by atoms with E-state index in [2.05, 4.69) is 76.2 Å². The molecule has 9 atom stereocenters. The van der Waals surface area contributed by atoms with Gasteiger partial charge in [-0.2, -0.15) is 0 Å². The summed E-state index contributed by atoms with van der Waals surface area (Å²) in [6.07, 6.45) is 6.58. The molecular weight excluding hydrogens is 488 g/mol. The van der Waals surface area contributed by atoms with Gasteiger partial charge in [0.05, 0.1) is 25.4 Å². The Bertz CT molecular complexity index is 854. The second-order valence-electron chi connectivity index (χ2n) is 16.2. The molecule has 0 aromatic carbocycles. The lowest BCUT2D eigenvalue weighted by Crippen LogP contribution is -2.50. The molecule has 1 saturated heterocycles. The minimum absolute atomic E-state index is 0.139. The van der Waals surface area contributed by atoms with E-state index < -0.39 is 6.10 Å². The van der Waals surface area contributed by atoms with Gasteiger partial charge in [0, 0.05) is 24.7 Å². The number of fused-ring (bicyclic) bond motifs is 3. The number of rotatable bonds is 1. The van der Waals surface area contributed by atoms with E-state index >= 15 is 0 Å². The number of carbonyl (C=O) groups is 1. The molecular formula is C34H62O5. The number of hydrogen-bond acceptors (Lipinski definition) is 5. The van der Waals surface area contributed by atoms with Crippen molar-refractivity contribution in [3.8, 4) is 0 Å². The molecule has 0 aromatic rings. The minimum Gasteiger partial charge on any atom is -0.394 e. The van der Waals surface area contributed by atoms with E-state index in [1.165, 1.54) is 26.2 Å². The summed E-state index contributed by atoms with van der Waals surface area (Å²) in [5, 5.41) is 16.0. The van der Waals surface area contributed by atoms with Crippen molar-refractivity contribution in [1.82, 2.24) is 0 Å². The quantitative estimate of drug-likeness (QED) is 0.359. The first-order chi connectivity index (χ1) is 17.8. The van der Waals surface area contributed by atoms with E-state index in [9.17, 15) is 4.79 Å². The molecule has 0 aromatic heterocycles. The van der Waals surface area contributed by atoms with Gasteiger partial charge in [0.15, 0.2) is 5.79 Å². The largest absolute Gasteiger partial charge is 0.394 e. The molecule has 39 heavy (non-hydrogen) atoms. The standard InChI is InChI=1S/C17H30O2.C14H24O.C3H8O2/c1-11-10-18-17(19-11)9-7-8-13-14(17)16(5,6)12(2)15(13,3)4;1-9-13(2,3)10-7-6-8-11(15)12(10)14(9,4)5;1-3(5)2-4/h11-14H,7-10H2,1-6H3;9-10,12H,6-8H2,1-5H3;3-5H,2H2,1H3. The first-order valence-electron chi connectivity index (χ1n) is 15.9. The highest BCUT2D eigenvalue weighted by Gasteiger charge is 2.67. The lowest BCUT2D eigenvalue weighted by molar-refractivity contribution is -0.250. The summed E-state index contributed by atoms with van der Waals surface area (Å²) in [5.41, 5.74) is 1.22. The highest BCUT2D eigenvalue weighted by atomic mass is 16.7. The van der Waals surface area contributed by atoms with Gasteiger partial charge in [-0.3, -0.25) is 4.79 Å². The summed E-state index contributed by atoms with van der Waals surface area (Å²) in [5.74, 6) is 3.83. The molecule has 1 aliphatic heterocycles. The zero-order valence-electron chi connectivity index (χ0n) is 27.4. The van der Waals surface area contributed by atoms with Crippen LogP contribution in [-0.2, 0) is 14.3 Å². The first-order valence-corrected chi connectivity index (χ1v) is 15.9. The molecule has 5 rings (SSSR count). The van der Waals surface area contributed by atoms with Gasteiger partial charge in [-0.1, -0.05) is 69.2 Å². The van der Waals surface area contributed by atoms with Crippen molar-refractivity contribution >= 4 is 5.78 Å². The number of ether oxygens (including phenoxy) is 2. The van der Waals surface area contributed by atoms with Crippen molar-refractivity contribution in [2.75, 3.05) is 13.2 Å². The number of carbonyl (C=O) groups excluding carboxylic acids is 1. The molecule has 5 nitrogen and oxygen atoms in total. The number of aliphatic hydroxyl groups is 2. The molecule has 9 unspecified atom stereocenters. The van der Waals surface area contributed by atoms with Crippen molar-refractivity contribution in [2.45, 2.75) is 140 Å². The van der Waals surface area contributed by atoms with E-state index in [0.29, 0.717) is 51.6 Å². The van der Waals surface area contributed by atoms with Crippen LogP contribution in [0.3, 0.4) is 0 Å². The zero-order chi connectivity index (χ0) is 29.8. The van der Waals surface area contributed by atoms with Crippen molar-refractivity contribution in [3.05, 3.63) is 0 Å². The summed E-state index contributed by atoms with van der Waals surface area (Å²) >= 11 is 0. The molecule has 2 N–H and O–H groups in total. The van der Waals surface area contributed by atoms with Crippen LogP contribution >= 0.6 is 0 Å². The van der Waals surface area contributed by atoms with Crippen LogP contribution in [0.25, 0.3) is 0 Å². The van der Waals surface area contributed by atoms with Gasteiger partial charge in [-0.05, 0) is 84.9 Å². The van der Waals surface area contributed by atoms with Gasteiger partial charge in [0.2, 0.25) is 0 Å². The molecule has 0 bridgehead atoms. The average molecular weight is 551 g/mol. The molecule has 5 fully saturated rings. The van der Waals surface area contributed by atoms with E-state index in [1.54, 1.807) is 0 Å². The fraction of sp³-hybridized carbons (Fsp3) is 0.971. The van der Waals surface area contributed by atoms with Crippen LogP contribution in [0.1, 0.15) is 122 Å². The smallest absolute Gasteiger partial charge is 0.172 e. The lowest BCUT2D eigenvalue weighted by atomic mass is 9.65. The normalized spacial score (nSPS) is 43.4. The Kier molecular flexibility index (Phi) is 9.57. The van der Waals surface area contributed by atoms with E-state index in [1.807, 2.05) is 0 Å². The van der Waals surface area contributed by atoms with E-state index in [-0.39, 0.29) is 23.9 Å². The van der Waals surface area contributed by atoms with Crippen LogP contribution in [0.5, 0.6) is 0 Å². The SMILES string of the molecule is CC(O)CO.CC1C(C)(C)C2CCCC(=O)C2C1(C)C.CC1COC2(CCCC3C2C(C)(C)C(C)C3(C)C)O1. The van der Waals surface area contributed by atoms with Gasteiger partial charge in [-0.25, -0.2) is 0 Å². The number of ketones is 1. The van der Waals surface area contributed by atoms with Crippen molar-refractivity contribution in [3.63, 3.8) is 0 Å². The zero-order valence-corrected chi connectivity index (χ0v) is 27.4. The van der Waals surface area contributed by atoms with Crippen molar-refractivity contribution < 1.29 is 24.5 Å². The van der Waals surface area contributed by atoms with E-state index in [4.69, 9.17) is 19.7 Å². The third kappa shape index (κ3) is 5.65. The predicted octanol–water partition coefficient (Wildman–Crippen LogP) is 7.27. The van der Waals surface area contributed by atoms with Crippen molar-refractivity contribution in [1.29, 1.82) is 0 Å². The van der Waals surface area contributed by atoms with Gasteiger partial charge in [0.1, 0.15) is 5.78 Å². The highest BCUT2D eigenvalue weighted by molar-refractivity contribution is 5.83. The summed E-state index contributed by atoms with van der Waals surface area (Å²) in [6.45, 7) is 28.2. The predicted molar refractivity (Wildman–Crippen MR) is 158 cm³/mol. The van der Waals surface area contributed by atoms with Gasteiger partial charge < -0.3 is 19.7 Å². The molecule has 5 heteroatoms. The van der Waals surface area contributed by atoms with Gasteiger partial charge >= 0.3 is 0 Å². The highest BCUT2D eigenvalue weighted by Crippen LogP contribution is 2.68. The fourth-order valence-electron chi connectivity index (χ4n) is 9.92. The van der Waals surface area contributed by atoms with Crippen LogP contribution in [0.4, 0.5) is 0 Å². The molecule has 228 valence electrons. The maximum Gasteiger partial charge on any atom is 0.172 e. The Hall–Kier alpha value is -0.490. The minimum atomic E-state index is -0.560. The molecule has 1 heterocycles. The lowest BCUT2D eigenvalue weighted by Gasteiger charge is -2.48. The molecule has 0 radical (unpaired) electrons. The number of Topliss-reactive ketones (excluding diaryl/α,β-unsaturated/α-hetero) is 1. The molecule has 0 amide bonds. The molecule has 1 spiro atoms. The Morgan fingerprint density at radius 3 is 1.85 bits per heavy atom. The Morgan fingerprint density at radius 2 is 1.36 bits per heavy atom. The number of aliphatic hydroxyl groups excluding tert-OH is 2. The topological polar surface area (TPSA) is 76.0 Å². The van der Waals surface area contributed by atoms with Crippen LogP contribution in [0, 0.1) is 57.2 Å². The number of hydrogen-bond donors (Lipinski definition) is 2. The van der Waals surface area contributed by atoms with Crippen molar-refractivity contribution in [2.24, 2.45) is 57.2 Å². The maximum absolute atomic E-state index is 12.1. The fourth-order valence-corrected chi connectivity index (χ4v) is 9.92. The van der Waals surface area contributed by atoms with Crippen LogP contribution in [0.2, 0.25) is 0 Å². The Labute approximate surface area is 240 Å². The second-order valence-corrected chi connectivity index (χ2v) is 16.2. The van der Waals surface area contributed by atoms with Crippen LogP contribution in [0.15, 0.2) is 0 Å². The first kappa shape index (κ1) is 33.0. The third-order valence-corrected chi connectivity index (χ3v) is 12.8. The summed E-state index contributed by atoms with van der Waals surface area (Å²) in [7, 11) is 0. The Morgan fingerprint density at radius 1 is 0.846 bits per heavy atom. The maximum atomic E-state index is 12.1. The van der Waals surface area contributed by atoms with Crippen LogP contribution in [-0.4, -0.2) is 47.2 Å².